The van der Waals surface area contributed by atoms with Crippen molar-refractivity contribution in [1.82, 2.24) is 9.62 Å². The molecule has 0 aromatic rings. The van der Waals surface area contributed by atoms with Crippen LogP contribution in [0.25, 0.3) is 0 Å². The summed E-state index contributed by atoms with van der Waals surface area (Å²) in [5, 5.41) is 2.91. The molecule has 2 fully saturated rings. The molecule has 0 aromatic carbocycles. The number of piperidine rings is 1. The van der Waals surface area contributed by atoms with Gasteiger partial charge in [0.2, 0.25) is 15.9 Å². The third kappa shape index (κ3) is 5.09. The van der Waals surface area contributed by atoms with Gasteiger partial charge in [-0.2, -0.15) is 0 Å². The summed E-state index contributed by atoms with van der Waals surface area (Å²) < 4.78 is 25.0. The number of rotatable bonds is 6. The van der Waals surface area contributed by atoms with E-state index in [1.54, 1.807) is 6.92 Å². The number of nitrogens with two attached hydrogens (primary N) is 1. The molecule has 1 aliphatic heterocycles. The summed E-state index contributed by atoms with van der Waals surface area (Å²) in [7, 11) is -3.12. The second-order valence-electron chi connectivity index (χ2n) is 5.82. The second kappa shape index (κ2) is 7.76. The fourth-order valence-electron chi connectivity index (χ4n) is 2.63. The van der Waals surface area contributed by atoms with E-state index in [2.05, 4.69) is 5.32 Å². The summed E-state index contributed by atoms with van der Waals surface area (Å²) in [6.07, 6.45) is 3.54. The minimum atomic E-state index is -3.12. The first-order chi connectivity index (χ1) is 9.44. The van der Waals surface area contributed by atoms with E-state index in [9.17, 15) is 13.2 Å². The van der Waals surface area contributed by atoms with Crippen LogP contribution in [0, 0.1) is 11.8 Å². The van der Waals surface area contributed by atoms with E-state index in [1.807, 2.05) is 0 Å². The Balaban J connectivity index is 0.00000220. The molecule has 8 heteroatoms. The molecule has 6 nitrogen and oxygen atoms in total. The predicted octanol–water partition coefficient (Wildman–Crippen LogP) is 0.323. The van der Waals surface area contributed by atoms with Crippen molar-refractivity contribution in [2.75, 3.05) is 25.4 Å². The van der Waals surface area contributed by atoms with Crippen molar-refractivity contribution in [2.45, 2.75) is 38.6 Å². The Morgan fingerprint density at radius 2 is 1.86 bits per heavy atom. The second-order valence-corrected chi connectivity index (χ2v) is 8.08. The smallest absolute Gasteiger partial charge is 0.223 e. The van der Waals surface area contributed by atoms with E-state index in [1.165, 1.54) is 17.1 Å². The zero-order valence-electron chi connectivity index (χ0n) is 12.5. The fourth-order valence-corrected chi connectivity index (χ4v) is 3.76. The summed E-state index contributed by atoms with van der Waals surface area (Å²) in [5.41, 5.74) is 5.95. The van der Waals surface area contributed by atoms with E-state index in [0.717, 1.165) is 0 Å². The lowest BCUT2D eigenvalue weighted by molar-refractivity contribution is -0.126. The summed E-state index contributed by atoms with van der Waals surface area (Å²) in [4.78, 5) is 12.0. The maximum absolute atomic E-state index is 12.0. The minimum absolute atomic E-state index is 0. The van der Waals surface area contributed by atoms with Crippen LogP contribution in [0.15, 0.2) is 0 Å². The molecule has 2 aliphatic rings. The van der Waals surface area contributed by atoms with Gasteiger partial charge in [0.15, 0.2) is 0 Å². The molecule has 1 heterocycles. The molecule has 124 valence electrons. The average molecular weight is 340 g/mol. The van der Waals surface area contributed by atoms with Crippen molar-refractivity contribution in [2.24, 2.45) is 17.6 Å². The number of halogens is 1. The Morgan fingerprint density at radius 1 is 1.29 bits per heavy atom. The highest BCUT2D eigenvalue weighted by Gasteiger charge is 2.32. The average Bonchev–Trinajstić information content (AvgIpc) is 3.29. The van der Waals surface area contributed by atoms with Gasteiger partial charge in [-0.25, -0.2) is 12.7 Å². The van der Waals surface area contributed by atoms with E-state index >= 15 is 0 Å². The van der Waals surface area contributed by atoms with Crippen molar-refractivity contribution < 1.29 is 13.2 Å². The highest BCUT2D eigenvalue weighted by atomic mass is 35.5. The number of carbonyl (C=O) groups is 1. The number of carbonyl (C=O) groups excluding carboxylic acids is 1. The Morgan fingerprint density at radius 3 is 2.33 bits per heavy atom. The molecule has 1 saturated carbocycles. The molecule has 1 atom stereocenters. The van der Waals surface area contributed by atoms with E-state index < -0.39 is 10.0 Å². The zero-order valence-corrected chi connectivity index (χ0v) is 14.1. The Hall–Kier alpha value is -0.370. The van der Waals surface area contributed by atoms with Crippen LogP contribution in [0.5, 0.6) is 0 Å². The normalized spacial score (nSPS) is 22.4. The number of nitrogens with one attached hydrogen (secondary N) is 1. The van der Waals surface area contributed by atoms with Crippen molar-refractivity contribution in [3.63, 3.8) is 0 Å². The molecule has 1 unspecified atom stereocenters. The van der Waals surface area contributed by atoms with Gasteiger partial charge in [0.1, 0.15) is 0 Å². The number of hydrogen-bond acceptors (Lipinski definition) is 4. The summed E-state index contributed by atoms with van der Waals surface area (Å²) in [6, 6.07) is 0.0690. The third-order valence-corrected chi connectivity index (χ3v) is 6.20. The monoisotopic (exact) mass is 339 g/mol. The van der Waals surface area contributed by atoms with Crippen molar-refractivity contribution >= 4 is 28.3 Å². The Kier molecular flexibility index (Phi) is 6.90. The first-order valence-corrected chi connectivity index (χ1v) is 9.06. The third-order valence-electron chi connectivity index (χ3n) is 4.32. The maximum Gasteiger partial charge on any atom is 0.223 e. The quantitative estimate of drug-likeness (QED) is 0.729. The van der Waals surface area contributed by atoms with Gasteiger partial charge in [-0.05, 0) is 38.5 Å². The van der Waals surface area contributed by atoms with E-state index in [0.29, 0.717) is 38.4 Å². The summed E-state index contributed by atoms with van der Waals surface area (Å²) in [6.45, 7) is 3.08. The SMILES string of the molecule is CCS(=O)(=O)N1CCC(C(=O)NCC(N)C2CC2)CC1.Cl. The number of hydrogen-bond donors (Lipinski definition) is 2. The van der Waals surface area contributed by atoms with E-state index in [4.69, 9.17) is 5.73 Å². The number of nitrogens with zero attached hydrogens (tertiary/aromatic N) is 1. The highest BCUT2D eigenvalue weighted by molar-refractivity contribution is 7.89. The van der Waals surface area contributed by atoms with Crippen LogP contribution in [0.4, 0.5) is 0 Å². The first kappa shape index (κ1) is 18.7. The van der Waals surface area contributed by atoms with Gasteiger partial charge in [0.05, 0.1) is 5.75 Å². The number of amides is 1. The lowest BCUT2D eigenvalue weighted by Crippen LogP contribution is -2.46. The lowest BCUT2D eigenvalue weighted by Gasteiger charge is -2.30. The van der Waals surface area contributed by atoms with E-state index in [-0.39, 0.29) is 36.0 Å². The van der Waals surface area contributed by atoms with Crippen molar-refractivity contribution in [3.8, 4) is 0 Å². The van der Waals surface area contributed by atoms with Crippen LogP contribution in [-0.4, -0.2) is 50.1 Å². The Labute approximate surface area is 133 Å². The van der Waals surface area contributed by atoms with Gasteiger partial charge >= 0.3 is 0 Å². The van der Waals surface area contributed by atoms with Gasteiger partial charge in [0, 0.05) is 31.6 Å². The molecule has 21 heavy (non-hydrogen) atoms. The lowest BCUT2D eigenvalue weighted by atomic mass is 9.97. The van der Waals surface area contributed by atoms with Crippen molar-refractivity contribution in [1.29, 1.82) is 0 Å². The van der Waals surface area contributed by atoms with Gasteiger partial charge in [0.25, 0.3) is 0 Å². The van der Waals surface area contributed by atoms with Crippen LogP contribution >= 0.6 is 12.4 Å². The summed E-state index contributed by atoms with van der Waals surface area (Å²) in [5.74, 6) is 0.645. The molecule has 0 spiro atoms. The van der Waals surface area contributed by atoms with Crippen LogP contribution in [-0.2, 0) is 14.8 Å². The molecule has 1 amide bonds. The molecule has 1 aliphatic carbocycles. The van der Waals surface area contributed by atoms with Crippen LogP contribution in [0.1, 0.15) is 32.6 Å². The predicted molar refractivity (Wildman–Crippen MR) is 84.7 cm³/mol. The summed E-state index contributed by atoms with van der Waals surface area (Å²) >= 11 is 0. The Bertz CT molecular complexity index is 446. The molecule has 0 radical (unpaired) electrons. The molecular formula is C13H26ClN3O3S. The van der Waals surface area contributed by atoms with Crippen molar-refractivity contribution in [3.05, 3.63) is 0 Å². The topological polar surface area (TPSA) is 92.5 Å². The molecule has 2 rings (SSSR count). The van der Waals surface area contributed by atoms with Gasteiger partial charge in [-0.3, -0.25) is 4.79 Å². The minimum Gasteiger partial charge on any atom is -0.354 e. The molecule has 0 aromatic heterocycles. The van der Waals surface area contributed by atoms with Gasteiger partial charge < -0.3 is 11.1 Å². The fraction of sp³-hybridized carbons (Fsp3) is 0.923. The van der Waals surface area contributed by atoms with Gasteiger partial charge in [-0.15, -0.1) is 12.4 Å². The molecule has 1 saturated heterocycles. The van der Waals surface area contributed by atoms with Crippen LogP contribution in [0.3, 0.4) is 0 Å². The number of sulfonamides is 1. The molecular weight excluding hydrogens is 314 g/mol. The van der Waals surface area contributed by atoms with Crippen LogP contribution < -0.4 is 11.1 Å². The van der Waals surface area contributed by atoms with Gasteiger partial charge in [-0.1, -0.05) is 0 Å². The maximum atomic E-state index is 12.0. The molecule has 3 N–H and O–H groups in total. The van der Waals surface area contributed by atoms with Crippen LogP contribution in [0.2, 0.25) is 0 Å². The zero-order chi connectivity index (χ0) is 14.8. The standard InChI is InChI=1S/C13H25N3O3S.ClH/c1-2-20(18,19)16-7-5-11(6-8-16)13(17)15-9-12(14)10-3-4-10;/h10-12H,2-9,14H2,1H3,(H,15,17);1H. The molecule has 0 bridgehead atoms. The highest BCUT2D eigenvalue weighted by Crippen LogP contribution is 2.31. The largest absolute Gasteiger partial charge is 0.354 e. The first-order valence-electron chi connectivity index (χ1n) is 7.45.